The minimum Gasteiger partial charge on any atom is -0.478 e. The van der Waals surface area contributed by atoms with E-state index < -0.39 is 11.8 Å². The second kappa shape index (κ2) is 6.78. The Bertz CT molecular complexity index is 642. The number of hydrogen-bond acceptors (Lipinski definition) is 4. The summed E-state index contributed by atoms with van der Waals surface area (Å²) in [5, 5.41) is 13.0. The Hall–Kier alpha value is -1.79. The summed E-state index contributed by atoms with van der Waals surface area (Å²) in [4.78, 5) is 16.3. The van der Waals surface area contributed by atoms with E-state index in [1.165, 1.54) is 17.0 Å². The van der Waals surface area contributed by atoms with Crippen LogP contribution in [-0.2, 0) is 13.0 Å². The number of hydrogen-bond donors (Lipinski definition) is 2. The third-order valence-corrected chi connectivity index (χ3v) is 4.49. The molecule has 0 aliphatic heterocycles. The van der Waals surface area contributed by atoms with Gasteiger partial charge in [-0.15, -0.1) is 11.3 Å². The molecule has 0 radical (unpaired) electrons. The summed E-state index contributed by atoms with van der Waals surface area (Å²) in [7, 11) is 0. The molecule has 2 N–H and O–H groups in total. The predicted molar refractivity (Wildman–Crippen MR) is 80.1 cm³/mol. The van der Waals surface area contributed by atoms with Gasteiger partial charge in [-0.3, -0.25) is 0 Å². The Balaban J connectivity index is 1.99. The molecule has 1 aromatic heterocycles. The smallest absolute Gasteiger partial charge is 0.338 e. The molecule has 1 atom stereocenters. The lowest BCUT2D eigenvalue weighted by molar-refractivity contribution is 0.0692. The molecule has 2 rings (SSSR count). The Morgan fingerprint density at radius 1 is 1.52 bits per heavy atom. The van der Waals surface area contributed by atoms with E-state index in [0.29, 0.717) is 12.1 Å². The first-order valence-corrected chi connectivity index (χ1v) is 7.52. The second-order valence-corrected chi connectivity index (χ2v) is 5.89. The number of carboxylic acids is 1. The van der Waals surface area contributed by atoms with E-state index >= 15 is 0 Å². The summed E-state index contributed by atoms with van der Waals surface area (Å²) in [6, 6.07) is 4.23. The highest BCUT2D eigenvalue weighted by Crippen LogP contribution is 2.20. The maximum atomic E-state index is 13.6. The van der Waals surface area contributed by atoms with Gasteiger partial charge in [-0.2, -0.15) is 0 Å². The van der Waals surface area contributed by atoms with Crippen LogP contribution in [0, 0.1) is 5.82 Å². The molecule has 0 aliphatic carbocycles. The summed E-state index contributed by atoms with van der Waals surface area (Å²) in [5.74, 6) is -1.97. The molecule has 0 saturated heterocycles. The monoisotopic (exact) mass is 308 g/mol. The van der Waals surface area contributed by atoms with Crippen molar-refractivity contribution in [2.75, 3.05) is 0 Å². The van der Waals surface area contributed by atoms with Crippen LogP contribution in [0.15, 0.2) is 24.4 Å². The van der Waals surface area contributed by atoms with Crippen LogP contribution < -0.4 is 5.32 Å². The number of aromatic carboxylic acids is 1. The molecule has 112 valence electrons. The normalized spacial score (nSPS) is 12.3. The third kappa shape index (κ3) is 3.86. The molecule has 21 heavy (non-hydrogen) atoms. The number of nitrogens with one attached hydrogen (secondary N) is 1. The van der Waals surface area contributed by atoms with Gasteiger partial charge in [-0.05, 0) is 31.0 Å². The molecule has 0 amide bonds. The van der Waals surface area contributed by atoms with Crippen molar-refractivity contribution < 1.29 is 14.3 Å². The minimum absolute atomic E-state index is 0.0671. The van der Waals surface area contributed by atoms with Gasteiger partial charge in [0.25, 0.3) is 0 Å². The average molecular weight is 308 g/mol. The molecule has 4 nitrogen and oxygen atoms in total. The van der Waals surface area contributed by atoms with E-state index in [2.05, 4.69) is 17.2 Å². The van der Waals surface area contributed by atoms with Gasteiger partial charge in [0.1, 0.15) is 10.8 Å². The molecule has 0 saturated carbocycles. The number of rotatable bonds is 6. The lowest BCUT2D eigenvalue weighted by atomic mass is 10.1. The lowest BCUT2D eigenvalue weighted by Gasteiger charge is -2.11. The highest BCUT2D eigenvalue weighted by molar-refractivity contribution is 7.11. The SMILES string of the molecule is CCc1cnc(C(C)NCc2ccc(C(=O)O)c(F)c2)s1. The van der Waals surface area contributed by atoms with Gasteiger partial charge in [0.15, 0.2) is 0 Å². The maximum Gasteiger partial charge on any atom is 0.338 e. The molecule has 2 aromatic rings. The zero-order valence-corrected chi connectivity index (χ0v) is 12.7. The van der Waals surface area contributed by atoms with Crippen LogP contribution in [0.4, 0.5) is 4.39 Å². The maximum absolute atomic E-state index is 13.6. The van der Waals surface area contributed by atoms with Crippen LogP contribution in [0.5, 0.6) is 0 Å². The van der Waals surface area contributed by atoms with E-state index in [9.17, 15) is 9.18 Å². The van der Waals surface area contributed by atoms with Gasteiger partial charge < -0.3 is 10.4 Å². The number of aryl methyl sites for hydroxylation is 1. The standard InChI is InChI=1S/C15H17FN2O2S/c1-3-11-8-18-14(21-11)9(2)17-7-10-4-5-12(15(19)20)13(16)6-10/h4-6,8-9,17H,3,7H2,1-2H3,(H,19,20). The molecule has 0 aliphatic rings. The largest absolute Gasteiger partial charge is 0.478 e. The van der Waals surface area contributed by atoms with Crippen molar-refractivity contribution in [3.8, 4) is 0 Å². The minimum atomic E-state index is -1.25. The van der Waals surface area contributed by atoms with E-state index in [4.69, 9.17) is 5.11 Å². The van der Waals surface area contributed by atoms with Gasteiger partial charge in [0.05, 0.1) is 11.6 Å². The molecular weight excluding hydrogens is 291 g/mol. The molecule has 6 heteroatoms. The molecule has 0 spiro atoms. The highest BCUT2D eigenvalue weighted by atomic mass is 32.1. The van der Waals surface area contributed by atoms with Crippen molar-refractivity contribution in [3.63, 3.8) is 0 Å². The zero-order valence-electron chi connectivity index (χ0n) is 11.9. The summed E-state index contributed by atoms with van der Waals surface area (Å²) >= 11 is 1.66. The van der Waals surface area contributed by atoms with E-state index in [1.54, 1.807) is 17.4 Å². The Labute approximate surface area is 126 Å². The Kier molecular flexibility index (Phi) is 5.03. The van der Waals surface area contributed by atoms with Crippen LogP contribution in [0.25, 0.3) is 0 Å². The van der Waals surface area contributed by atoms with Crippen molar-refractivity contribution >= 4 is 17.3 Å². The molecule has 0 fully saturated rings. The van der Waals surface area contributed by atoms with Gasteiger partial charge in [-0.25, -0.2) is 14.2 Å². The van der Waals surface area contributed by atoms with Crippen molar-refractivity contribution in [1.29, 1.82) is 0 Å². The number of carbonyl (C=O) groups is 1. The Morgan fingerprint density at radius 3 is 2.86 bits per heavy atom. The zero-order chi connectivity index (χ0) is 15.4. The van der Waals surface area contributed by atoms with Gasteiger partial charge in [0, 0.05) is 17.6 Å². The van der Waals surface area contributed by atoms with Crippen LogP contribution >= 0.6 is 11.3 Å². The average Bonchev–Trinajstić information content (AvgIpc) is 2.93. The molecule has 1 heterocycles. The summed E-state index contributed by atoms with van der Waals surface area (Å²) < 4.78 is 13.6. The van der Waals surface area contributed by atoms with Gasteiger partial charge >= 0.3 is 5.97 Å². The molecular formula is C15H17FN2O2S. The summed E-state index contributed by atoms with van der Waals surface area (Å²) in [6.45, 7) is 4.54. The Morgan fingerprint density at radius 2 is 2.29 bits per heavy atom. The van der Waals surface area contributed by atoms with Crippen molar-refractivity contribution in [3.05, 3.63) is 51.2 Å². The van der Waals surface area contributed by atoms with Crippen LogP contribution in [0.3, 0.4) is 0 Å². The van der Waals surface area contributed by atoms with Crippen molar-refractivity contribution in [2.45, 2.75) is 32.9 Å². The molecule has 0 bridgehead atoms. The van der Waals surface area contributed by atoms with Gasteiger partial charge in [0.2, 0.25) is 0 Å². The van der Waals surface area contributed by atoms with E-state index in [1.807, 2.05) is 13.1 Å². The third-order valence-electron chi connectivity index (χ3n) is 3.17. The van der Waals surface area contributed by atoms with Crippen LogP contribution in [0.1, 0.15) is 45.7 Å². The number of nitrogens with zero attached hydrogens (tertiary/aromatic N) is 1. The number of carboxylic acid groups (broad SMARTS) is 1. The predicted octanol–water partition coefficient (Wildman–Crippen LogP) is 3.39. The van der Waals surface area contributed by atoms with Crippen molar-refractivity contribution in [1.82, 2.24) is 10.3 Å². The summed E-state index contributed by atoms with van der Waals surface area (Å²) in [6.07, 6.45) is 2.84. The second-order valence-electron chi connectivity index (χ2n) is 4.74. The van der Waals surface area contributed by atoms with Crippen molar-refractivity contribution in [2.24, 2.45) is 0 Å². The number of halogens is 1. The number of benzene rings is 1. The van der Waals surface area contributed by atoms with E-state index in [0.717, 1.165) is 11.4 Å². The number of aromatic nitrogens is 1. The van der Waals surface area contributed by atoms with Crippen LogP contribution in [-0.4, -0.2) is 16.1 Å². The molecule has 1 unspecified atom stereocenters. The lowest BCUT2D eigenvalue weighted by Crippen LogP contribution is -2.18. The number of thiazole rings is 1. The topological polar surface area (TPSA) is 62.2 Å². The highest BCUT2D eigenvalue weighted by Gasteiger charge is 2.12. The fourth-order valence-electron chi connectivity index (χ4n) is 1.89. The fourth-order valence-corrected chi connectivity index (χ4v) is 2.77. The quantitative estimate of drug-likeness (QED) is 0.858. The van der Waals surface area contributed by atoms with E-state index in [-0.39, 0.29) is 11.6 Å². The first-order chi connectivity index (χ1) is 10.0. The first-order valence-electron chi connectivity index (χ1n) is 6.71. The fraction of sp³-hybridized carbons (Fsp3) is 0.333. The molecule has 1 aromatic carbocycles. The first kappa shape index (κ1) is 15.6. The summed E-state index contributed by atoms with van der Waals surface area (Å²) in [5.41, 5.74) is 0.399. The van der Waals surface area contributed by atoms with Gasteiger partial charge in [-0.1, -0.05) is 13.0 Å². The van der Waals surface area contributed by atoms with Crippen LogP contribution in [0.2, 0.25) is 0 Å².